The van der Waals surface area contributed by atoms with E-state index in [4.69, 9.17) is 0 Å². The highest BCUT2D eigenvalue weighted by Crippen LogP contribution is 2.38. The van der Waals surface area contributed by atoms with Crippen LogP contribution in [0.5, 0.6) is 0 Å². The van der Waals surface area contributed by atoms with E-state index in [1.807, 2.05) is 13.8 Å². The number of carbonyl (C=O) groups is 2. The summed E-state index contributed by atoms with van der Waals surface area (Å²) in [6.07, 6.45) is 5.28. The lowest BCUT2D eigenvalue weighted by Gasteiger charge is -2.26. The van der Waals surface area contributed by atoms with Crippen molar-refractivity contribution in [1.29, 1.82) is 0 Å². The number of amides is 2. The molecule has 210 valence electrons. The van der Waals surface area contributed by atoms with E-state index in [-0.39, 0.29) is 16.7 Å². The van der Waals surface area contributed by atoms with Gasteiger partial charge in [-0.25, -0.2) is 8.42 Å². The second-order valence-electron chi connectivity index (χ2n) is 10.0. The van der Waals surface area contributed by atoms with Crippen LogP contribution in [0.1, 0.15) is 84.0 Å². The van der Waals surface area contributed by atoms with E-state index < -0.39 is 10.0 Å². The van der Waals surface area contributed by atoms with Crippen LogP contribution in [0.4, 0.5) is 5.00 Å². The van der Waals surface area contributed by atoms with Gasteiger partial charge >= 0.3 is 0 Å². The number of sulfonamides is 1. The Bertz CT molecular complexity index is 1200. The molecule has 10 heteroatoms. The number of nitrogens with zero attached hydrogens (tertiary/aromatic N) is 3. The van der Waals surface area contributed by atoms with Gasteiger partial charge in [0, 0.05) is 50.7 Å². The summed E-state index contributed by atoms with van der Waals surface area (Å²) >= 11 is 1.46. The normalized spacial score (nSPS) is 13.9. The molecule has 1 aromatic heterocycles. The van der Waals surface area contributed by atoms with Crippen LogP contribution in [0.15, 0.2) is 29.2 Å². The molecule has 1 N–H and O–H groups in total. The number of thiophene rings is 1. The molecule has 2 amide bonds. The van der Waals surface area contributed by atoms with Crippen molar-refractivity contribution >= 4 is 38.2 Å². The van der Waals surface area contributed by atoms with Gasteiger partial charge in [0.2, 0.25) is 10.0 Å². The van der Waals surface area contributed by atoms with E-state index in [2.05, 4.69) is 17.1 Å². The zero-order valence-corrected chi connectivity index (χ0v) is 25.0. The fourth-order valence-electron chi connectivity index (χ4n) is 4.63. The number of unbranched alkanes of at least 4 members (excludes halogenated alkanes) is 2. The first kappa shape index (κ1) is 30.3. The highest BCUT2D eigenvalue weighted by atomic mass is 32.2. The number of hydrogen-bond donors (Lipinski definition) is 1. The molecule has 1 aliphatic rings. The molecule has 0 radical (unpaired) electrons. The average molecular weight is 563 g/mol. The van der Waals surface area contributed by atoms with Crippen LogP contribution in [0.25, 0.3) is 0 Å². The molecule has 0 spiro atoms. The molecule has 2 aromatic rings. The van der Waals surface area contributed by atoms with Gasteiger partial charge in [-0.15, -0.1) is 11.3 Å². The van der Waals surface area contributed by atoms with Crippen LogP contribution in [0.2, 0.25) is 0 Å². The van der Waals surface area contributed by atoms with Crippen molar-refractivity contribution in [2.45, 2.75) is 70.7 Å². The third-order valence-corrected chi connectivity index (χ3v) is 9.84. The summed E-state index contributed by atoms with van der Waals surface area (Å²) in [5.74, 6) is -0.484. The lowest BCUT2D eigenvalue weighted by atomic mass is 10.0. The maximum atomic E-state index is 13.3. The van der Waals surface area contributed by atoms with Gasteiger partial charge in [0.25, 0.3) is 11.8 Å². The van der Waals surface area contributed by atoms with E-state index >= 15 is 0 Å². The lowest BCUT2D eigenvalue weighted by molar-refractivity contribution is 0.0827. The molecule has 8 nitrogen and oxygen atoms in total. The average Bonchev–Trinajstić information content (AvgIpc) is 3.25. The molecule has 0 atom stereocenters. The predicted molar refractivity (Wildman–Crippen MR) is 155 cm³/mol. The van der Waals surface area contributed by atoms with Crippen molar-refractivity contribution in [2.24, 2.45) is 0 Å². The number of nitrogens with one attached hydrogen (secondary N) is 1. The van der Waals surface area contributed by atoms with Gasteiger partial charge in [-0.3, -0.25) is 14.5 Å². The topological polar surface area (TPSA) is 90.0 Å². The quantitative estimate of drug-likeness (QED) is 0.369. The van der Waals surface area contributed by atoms with E-state index in [0.29, 0.717) is 29.2 Å². The third-order valence-electron chi connectivity index (χ3n) is 6.80. The molecule has 1 aromatic carbocycles. The van der Waals surface area contributed by atoms with Crippen LogP contribution in [0, 0.1) is 0 Å². The largest absolute Gasteiger partial charge is 0.345 e. The molecular weight excluding hydrogens is 520 g/mol. The van der Waals surface area contributed by atoms with Gasteiger partial charge in [0.05, 0.1) is 10.5 Å². The SMILES string of the molecule is CCCCN(CCCC)S(=O)(=O)c1ccc(C(=O)Nc2sc3c(c2C(=O)N(C)C)CCN(CCC)C3)cc1. The number of rotatable bonds is 13. The van der Waals surface area contributed by atoms with Crippen LogP contribution in [-0.4, -0.2) is 74.6 Å². The van der Waals surface area contributed by atoms with Crippen molar-refractivity contribution in [3.05, 3.63) is 45.8 Å². The summed E-state index contributed by atoms with van der Waals surface area (Å²) in [6.45, 7) is 9.88. The summed E-state index contributed by atoms with van der Waals surface area (Å²) in [5, 5.41) is 3.51. The Kier molecular flexibility index (Phi) is 10.9. The first-order valence-corrected chi connectivity index (χ1v) is 15.9. The number of carbonyl (C=O) groups excluding carboxylic acids is 2. The Labute approximate surface area is 232 Å². The standard InChI is InChI=1S/C28H42N4O4S2/c1-6-9-17-32(18-10-7-2)38(35,36)22-13-11-21(12-14-22)26(33)29-27-25(28(34)30(4)5)23-15-19-31(16-8-3)20-24(23)37-27/h11-14H,6-10,15-20H2,1-5H3,(H,29,33). The molecule has 0 unspecified atom stereocenters. The van der Waals surface area contributed by atoms with Gasteiger partial charge in [-0.05, 0) is 62.1 Å². The van der Waals surface area contributed by atoms with Crippen LogP contribution in [-0.2, 0) is 23.0 Å². The fraction of sp³-hybridized carbons (Fsp3) is 0.571. The van der Waals surface area contributed by atoms with Crippen molar-refractivity contribution < 1.29 is 18.0 Å². The van der Waals surface area contributed by atoms with E-state index in [1.165, 1.54) is 23.5 Å². The Morgan fingerprint density at radius 1 is 1.00 bits per heavy atom. The molecular formula is C28H42N4O4S2. The second-order valence-corrected chi connectivity index (χ2v) is 13.1. The molecule has 0 bridgehead atoms. The summed E-state index contributed by atoms with van der Waals surface area (Å²) in [5.41, 5.74) is 1.94. The maximum absolute atomic E-state index is 13.3. The number of fused-ring (bicyclic) bond motifs is 1. The number of benzene rings is 1. The summed E-state index contributed by atoms with van der Waals surface area (Å²) in [4.78, 5) is 31.5. The zero-order chi connectivity index (χ0) is 27.9. The second kappa shape index (κ2) is 13.7. The Balaban J connectivity index is 1.83. The van der Waals surface area contributed by atoms with E-state index in [9.17, 15) is 18.0 Å². The molecule has 0 fully saturated rings. The van der Waals surface area contributed by atoms with Crippen molar-refractivity contribution in [1.82, 2.24) is 14.1 Å². The molecule has 2 heterocycles. The Morgan fingerprint density at radius 2 is 1.63 bits per heavy atom. The molecule has 0 aliphatic carbocycles. The monoisotopic (exact) mass is 562 g/mol. The summed E-state index contributed by atoms with van der Waals surface area (Å²) < 4.78 is 28.1. The minimum Gasteiger partial charge on any atom is -0.345 e. The molecule has 3 rings (SSSR count). The van der Waals surface area contributed by atoms with Crippen molar-refractivity contribution in [3.8, 4) is 0 Å². The predicted octanol–water partition coefficient (Wildman–Crippen LogP) is 5.06. The smallest absolute Gasteiger partial charge is 0.256 e. The Morgan fingerprint density at radius 3 is 2.18 bits per heavy atom. The van der Waals surface area contributed by atoms with E-state index in [1.54, 1.807) is 35.4 Å². The zero-order valence-electron chi connectivity index (χ0n) is 23.4. The number of anilines is 1. The van der Waals surface area contributed by atoms with Crippen molar-refractivity contribution in [3.63, 3.8) is 0 Å². The van der Waals surface area contributed by atoms with Crippen molar-refractivity contribution in [2.75, 3.05) is 45.6 Å². The van der Waals surface area contributed by atoms with Crippen LogP contribution in [0.3, 0.4) is 0 Å². The van der Waals surface area contributed by atoms with E-state index in [0.717, 1.165) is 68.6 Å². The van der Waals surface area contributed by atoms with Gasteiger partial charge < -0.3 is 10.2 Å². The lowest BCUT2D eigenvalue weighted by Crippen LogP contribution is -2.33. The summed E-state index contributed by atoms with van der Waals surface area (Å²) in [7, 11) is -0.206. The molecule has 38 heavy (non-hydrogen) atoms. The van der Waals surface area contributed by atoms with Gasteiger partial charge in [0.15, 0.2) is 0 Å². The first-order chi connectivity index (χ1) is 18.1. The summed E-state index contributed by atoms with van der Waals surface area (Å²) in [6, 6.07) is 6.10. The fourth-order valence-corrected chi connectivity index (χ4v) is 7.42. The third kappa shape index (κ3) is 7.02. The van der Waals surface area contributed by atoms with Gasteiger partial charge in [0.1, 0.15) is 5.00 Å². The first-order valence-electron chi connectivity index (χ1n) is 13.6. The minimum absolute atomic E-state index is 0.123. The molecule has 1 aliphatic heterocycles. The number of hydrogen-bond acceptors (Lipinski definition) is 6. The van der Waals surface area contributed by atoms with Gasteiger partial charge in [-0.1, -0.05) is 33.6 Å². The van der Waals surface area contributed by atoms with Crippen LogP contribution < -0.4 is 5.32 Å². The van der Waals surface area contributed by atoms with Crippen LogP contribution >= 0.6 is 11.3 Å². The molecule has 0 saturated heterocycles. The maximum Gasteiger partial charge on any atom is 0.256 e. The minimum atomic E-state index is -3.64. The Hall–Kier alpha value is -2.27. The van der Waals surface area contributed by atoms with Gasteiger partial charge in [-0.2, -0.15) is 4.31 Å². The highest BCUT2D eigenvalue weighted by molar-refractivity contribution is 7.89. The molecule has 0 saturated carbocycles. The highest BCUT2D eigenvalue weighted by Gasteiger charge is 2.30.